The molecule has 0 bridgehead atoms. The van der Waals surface area contributed by atoms with Crippen LogP contribution in [0.3, 0.4) is 0 Å². The van der Waals surface area contributed by atoms with Gasteiger partial charge in [-0.1, -0.05) is 15.9 Å². The summed E-state index contributed by atoms with van der Waals surface area (Å²) < 4.78 is 5.40. The first kappa shape index (κ1) is 13.1. The number of rotatable bonds is 2. The van der Waals surface area contributed by atoms with E-state index < -0.39 is 0 Å². The number of carbonyl (C=O) groups is 1. The second-order valence-electron chi connectivity index (χ2n) is 4.23. The zero-order valence-corrected chi connectivity index (χ0v) is 12.4. The quantitative estimate of drug-likeness (QED) is 0.785. The Labute approximate surface area is 114 Å². The van der Waals surface area contributed by atoms with Crippen molar-refractivity contribution in [3.05, 3.63) is 21.4 Å². The van der Waals surface area contributed by atoms with Gasteiger partial charge in [-0.05, 0) is 25.5 Å². The number of morpholine rings is 1. The van der Waals surface area contributed by atoms with E-state index in [1.165, 1.54) is 10.4 Å². The van der Waals surface area contributed by atoms with Crippen molar-refractivity contribution in [2.75, 3.05) is 25.1 Å². The van der Waals surface area contributed by atoms with Crippen molar-refractivity contribution in [1.82, 2.24) is 4.90 Å². The summed E-state index contributed by atoms with van der Waals surface area (Å²) in [4.78, 5) is 16.4. The Bertz CT molecular complexity index is 399. The molecule has 5 heteroatoms. The van der Waals surface area contributed by atoms with Gasteiger partial charge < -0.3 is 9.64 Å². The van der Waals surface area contributed by atoms with Gasteiger partial charge in [-0.15, -0.1) is 11.3 Å². The van der Waals surface area contributed by atoms with Crippen LogP contribution in [0.5, 0.6) is 0 Å². The van der Waals surface area contributed by atoms with Crippen molar-refractivity contribution >= 4 is 33.2 Å². The molecule has 0 spiro atoms. The molecule has 1 saturated heterocycles. The van der Waals surface area contributed by atoms with E-state index in [4.69, 9.17) is 4.74 Å². The molecule has 0 aromatic carbocycles. The predicted molar refractivity (Wildman–Crippen MR) is 73.2 cm³/mol. The molecule has 3 nitrogen and oxygen atoms in total. The van der Waals surface area contributed by atoms with E-state index in [9.17, 15) is 4.79 Å². The van der Waals surface area contributed by atoms with Gasteiger partial charge in [0.05, 0.1) is 24.1 Å². The third-order valence-corrected chi connectivity index (χ3v) is 4.93. The minimum Gasteiger partial charge on any atom is -0.377 e. The molecular weight excluding hydrogens is 302 g/mol. The van der Waals surface area contributed by atoms with E-state index in [1.807, 2.05) is 17.9 Å². The van der Waals surface area contributed by atoms with E-state index in [0.717, 1.165) is 10.2 Å². The van der Waals surface area contributed by atoms with E-state index in [2.05, 4.69) is 22.9 Å². The van der Waals surface area contributed by atoms with Crippen LogP contribution in [0, 0.1) is 13.8 Å². The smallest absolute Gasteiger partial charge is 0.264 e. The van der Waals surface area contributed by atoms with Crippen molar-refractivity contribution in [2.45, 2.75) is 19.9 Å². The summed E-state index contributed by atoms with van der Waals surface area (Å²) in [5.41, 5.74) is 1.20. The molecule has 1 atom stereocenters. The predicted octanol–water partition coefficient (Wildman–Crippen LogP) is 2.60. The number of nitrogens with zero attached hydrogens (tertiary/aromatic N) is 1. The van der Waals surface area contributed by atoms with Gasteiger partial charge in [0.1, 0.15) is 0 Å². The van der Waals surface area contributed by atoms with Crippen LogP contribution in [-0.2, 0) is 4.74 Å². The first-order chi connectivity index (χ1) is 8.13. The SMILES string of the molecule is Cc1cc(C(=O)N2CCOCC2CBr)sc1C. The summed E-state index contributed by atoms with van der Waals surface area (Å²) >= 11 is 5.02. The standard InChI is InChI=1S/C12H16BrNO2S/c1-8-5-11(17-9(8)2)12(15)14-3-4-16-7-10(14)6-13/h5,10H,3-4,6-7H2,1-2H3. The van der Waals surface area contributed by atoms with Gasteiger partial charge in [-0.2, -0.15) is 0 Å². The minimum absolute atomic E-state index is 0.138. The first-order valence-corrected chi connectivity index (χ1v) is 7.59. The minimum atomic E-state index is 0.138. The lowest BCUT2D eigenvalue weighted by Crippen LogP contribution is -2.49. The molecule has 1 aliphatic rings. The Hall–Kier alpha value is -0.390. The third-order valence-electron chi connectivity index (χ3n) is 3.04. The lowest BCUT2D eigenvalue weighted by Gasteiger charge is -2.34. The fraction of sp³-hybridized carbons (Fsp3) is 0.583. The van der Waals surface area contributed by atoms with Gasteiger partial charge in [-0.25, -0.2) is 0 Å². The van der Waals surface area contributed by atoms with Crippen LogP contribution in [0.15, 0.2) is 6.07 Å². The number of carbonyl (C=O) groups excluding carboxylic acids is 1. The van der Waals surface area contributed by atoms with Gasteiger partial charge >= 0.3 is 0 Å². The number of amides is 1. The Morgan fingerprint density at radius 2 is 2.41 bits per heavy atom. The van der Waals surface area contributed by atoms with E-state index in [-0.39, 0.29) is 11.9 Å². The number of ether oxygens (including phenoxy) is 1. The molecule has 0 saturated carbocycles. The lowest BCUT2D eigenvalue weighted by molar-refractivity contribution is 0.00552. The topological polar surface area (TPSA) is 29.5 Å². The zero-order valence-electron chi connectivity index (χ0n) is 10.0. The fourth-order valence-corrected chi connectivity index (χ4v) is 3.40. The highest BCUT2D eigenvalue weighted by Gasteiger charge is 2.28. The van der Waals surface area contributed by atoms with Crippen LogP contribution < -0.4 is 0 Å². The number of thiophene rings is 1. The van der Waals surface area contributed by atoms with Gasteiger partial charge in [-0.3, -0.25) is 4.79 Å². The molecule has 1 unspecified atom stereocenters. The summed E-state index contributed by atoms with van der Waals surface area (Å²) in [5.74, 6) is 0.138. The molecule has 1 amide bonds. The van der Waals surface area contributed by atoms with Crippen molar-refractivity contribution in [3.63, 3.8) is 0 Å². The Balaban J connectivity index is 2.18. The third kappa shape index (κ3) is 2.72. The maximum atomic E-state index is 12.4. The van der Waals surface area contributed by atoms with Crippen LogP contribution in [0.2, 0.25) is 0 Å². The summed E-state index contributed by atoms with van der Waals surface area (Å²) in [6.45, 7) is 6.05. The number of alkyl halides is 1. The van der Waals surface area contributed by atoms with Crippen molar-refractivity contribution in [1.29, 1.82) is 0 Å². The van der Waals surface area contributed by atoms with Crippen molar-refractivity contribution in [3.8, 4) is 0 Å². The highest BCUT2D eigenvalue weighted by molar-refractivity contribution is 9.09. The molecule has 1 aromatic rings. The van der Waals surface area contributed by atoms with Crippen molar-refractivity contribution < 1.29 is 9.53 Å². The maximum Gasteiger partial charge on any atom is 0.264 e. The molecule has 1 aromatic heterocycles. The molecule has 1 aliphatic heterocycles. The highest BCUT2D eigenvalue weighted by Crippen LogP contribution is 2.23. The zero-order chi connectivity index (χ0) is 12.4. The van der Waals surface area contributed by atoms with Crippen LogP contribution >= 0.6 is 27.3 Å². The second-order valence-corrected chi connectivity index (χ2v) is 6.14. The van der Waals surface area contributed by atoms with Crippen LogP contribution in [0.25, 0.3) is 0 Å². The van der Waals surface area contributed by atoms with Gasteiger partial charge in [0.25, 0.3) is 5.91 Å². The first-order valence-electron chi connectivity index (χ1n) is 5.65. The Kier molecular flexibility index (Phi) is 4.22. The van der Waals surface area contributed by atoms with Gasteiger partial charge in [0.15, 0.2) is 0 Å². The van der Waals surface area contributed by atoms with E-state index in [1.54, 1.807) is 11.3 Å². The summed E-state index contributed by atoms with van der Waals surface area (Å²) in [6, 6.07) is 2.14. The molecule has 94 valence electrons. The molecular formula is C12H16BrNO2S. The number of halogens is 1. The van der Waals surface area contributed by atoms with E-state index >= 15 is 0 Å². The second kappa shape index (κ2) is 5.50. The number of hydrogen-bond donors (Lipinski definition) is 0. The lowest BCUT2D eigenvalue weighted by atomic mass is 10.2. The van der Waals surface area contributed by atoms with Crippen LogP contribution in [0.4, 0.5) is 0 Å². The fourth-order valence-electron chi connectivity index (χ4n) is 1.87. The Morgan fingerprint density at radius 3 is 3.00 bits per heavy atom. The highest BCUT2D eigenvalue weighted by atomic mass is 79.9. The summed E-state index contributed by atoms with van der Waals surface area (Å²) in [5, 5.41) is 0.766. The molecule has 17 heavy (non-hydrogen) atoms. The van der Waals surface area contributed by atoms with Gasteiger partial charge in [0.2, 0.25) is 0 Å². The monoisotopic (exact) mass is 317 g/mol. The maximum absolute atomic E-state index is 12.4. The average Bonchev–Trinajstić information content (AvgIpc) is 2.68. The van der Waals surface area contributed by atoms with Gasteiger partial charge in [0, 0.05) is 16.8 Å². The summed E-state index contributed by atoms with van der Waals surface area (Å²) in [7, 11) is 0. The number of hydrogen-bond acceptors (Lipinski definition) is 3. The molecule has 0 aliphatic carbocycles. The molecule has 2 heterocycles. The average molecular weight is 318 g/mol. The molecule has 1 fully saturated rings. The normalized spacial score (nSPS) is 20.6. The number of aryl methyl sites for hydroxylation is 2. The largest absolute Gasteiger partial charge is 0.377 e. The Morgan fingerprint density at radius 1 is 1.65 bits per heavy atom. The van der Waals surface area contributed by atoms with E-state index in [0.29, 0.717) is 19.8 Å². The van der Waals surface area contributed by atoms with Crippen LogP contribution in [-0.4, -0.2) is 41.9 Å². The van der Waals surface area contributed by atoms with Crippen LogP contribution in [0.1, 0.15) is 20.1 Å². The molecule has 2 rings (SSSR count). The van der Waals surface area contributed by atoms with Crippen molar-refractivity contribution in [2.24, 2.45) is 0 Å². The molecule has 0 radical (unpaired) electrons. The summed E-state index contributed by atoms with van der Waals surface area (Å²) in [6.07, 6.45) is 0. The molecule has 0 N–H and O–H groups in total.